The van der Waals surface area contributed by atoms with Crippen LogP contribution in [0, 0.1) is 11.6 Å². The Balaban J connectivity index is 2.14. The van der Waals surface area contributed by atoms with Gasteiger partial charge in [-0.05, 0) is 35.9 Å². The van der Waals surface area contributed by atoms with Crippen LogP contribution in [0.3, 0.4) is 0 Å². The third-order valence-corrected chi connectivity index (χ3v) is 2.64. The highest BCUT2D eigenvalue weighted by Gasteiger charge is 2.10. The molecule has 3 N–H and O–H groups in total. The number of hydrogen-bond donors (Lipinski definition) is 3. The molecule has 0 aliphatic rings. The van der Waals surface area contributed by atoms with E-state index in [-0.39, 0.29) is 12.3 Å². The van der Waals surface area contributed by atoms with Gasteiger partial charge in [-0.3, -0.25) is 0 Å². The zero-order valence-corrected chi connectivity index (χ0v) is 10.2. The van der Waals surface area contributed by atoms with Crippen LogP contribution in [0.25, 0.3) is 0 Å². The first kappa shape index (κ1) is 13.8. The fourth-order valence-corrected chi connectivity index (χ4v) is 1.74. The Hall–Kier alpha value is -2.63. The number of hydrogen-bond acceptors (Lipinski definition) is 3. The second kappa shape index (κ2) is 5.56. The van der Waals surface area contributed by atoms with Gasteiger partial charge in [0.05, 0.1) is 5.56 Å². The molecule has 0 unspecified atom stereocenters. The fraction of sp³-hybridized carbons (Fsp3) is 0.0714. The number of halogens is 2. The molecule has 2 rings (SSSR count). The van der Waals surface area contributed by atoms with E-state index < -0.39 is 23.2 Å². The van der Waals surface area contributed by atoms with E-state index in [0.717, 1.165) is 18.2 Å². The lowest BCUT2D eigenvalue weighted by molar-refractivity contribution is 0.0692. The van der Waals surface area contributed by atoms with Crippen molar-refractivity contribution in [1.82, 2.24) is 0 Å². The Labute approximate surface area is 113 Å². The number of carboxylic acids is 1. The predicted octanol–water partition coefficient (Wildman–Crippen LogP) is 2.98. The molecule has 0 saturated carbocycles. The van der Waals surface area contributed by atoms with Gasteiger partial charge in [0.1, 0.15) is 17.4 Å². The Morgan fingerprint density at radius 2 is 1.90 bits per heavy atom. The predicted molar refractivity (Wildman–Crippen MR) is 68.8 cm³/mol. The molecule has 20 heavy (non-hydrogen) atoms. The quantitative estimate of drug-likeness (QED) is 0.804. The summed E-state index contributed by atoms with van der Waals surface area (Å²) < 4.78 is 26.3. The van der Waals surface area contributed by atoms with Crippen molar-refractivity contribution in [3.05, 3.63) is 59.2 Å². The maximum absolute atomic E-state index is 13.2. The summed E-state index contributed by atoms with van der Waals surface area (Å²) >= 11 is 0. The minimum atomic E-state index is -1.37. The molecule has 0 amide bonds. The fourth-order valence-electron chi connectivity index (χ4n) is 1.74. The minimum absolute atomic E-state index is 0.163. The summed E-state index contributed by atoms with van der Waals surface area (Å²) in [6, 6.07) is 7.14. The zero-order valence-electron chi connectivity index (χ0n) is 10.2. The van der Waals surface area contributed by atoms with Crippen molar-refractivity contribution in [2.75, 3.05) is 5.32 Å². The Kier molecular flexibility index (Phi) is 3.84. The Morgan fingerprint density at radius 3 is 2.55 bits per heavy atom. The lowest BCUT2D eigenvalue weighted by atomic mass is 10.1. The van der Waals surface area contributed by atoms with Crippen molar-refractivity contribution in [3.8, 4) is 5.75 Å². The van der Waals surface area contributed by atoms with E-state index in [4.69, 9.17) is 5.11 Å². The number of carboxylic acid groups (broad SMARTS) is 1. The number of aromatic carboxylic acids is 1. The maximum Gasteiger partial charge on any atom is 0.338 e. The van der Waals surface area contributed by atoms with Gasteiger partial charge in [-0.25, -0.2) is 13.6 Å². The lowest BCUT2D eigenvalue weighted by Crippen LogP contribution is -2.04. The largest absolute Gasteiger partial charge is 0.508 e. The summed E-state index contributed by atoms with van der Waals surface area (Å²) in [6.45, 7) is 0.163. The number of anilines is 1. The maximum atomic E-state index is 13.2. The zero-order chi connectivity index (χ0) is 14.7. The number of aromatic hydroxyl groups is 1. The van der Waals surface area contributed by atoms with Crippen LogP contribution >= 0.6 is 0 Å². The summed E-state index contributed by atoms with van der Waals surface area (Å²) in [5.74, 6) is -2.97. The third-order valence-electron chi connectivity index (χ3n) is 2.64. The average molecular weight is 279 g/mol. The van der Waals surface area contributed by atoms with E-state index in [0.29, 0.717) is 11.3 Å². The number of phenols is 1. The number of nitrogens with one attached hydrogen (secondary N) is 1. The van der Waals surface area contributed by atoms with E-state index >= 15 is 0 Å². The van der Waals surface area contributed by atoms with Crippen molar-refractivity contribution in [1.29, 1.82) is 0 Å². The van der Waals surface area contributed by atoms with Gasteiger partial charge >= 0.3 is 5.97 Å². The van der Waals surface area contributed by atoms with Crippen LogP contribution in [0.4, 0.5) is 14.5 Å². The van der Waals surface area contributed by atoms with Crippen molar-refractivity contribution in [3.63, 3.8) is 0 Å². The molecule has 0 fully saturated rings. The highest BCUT2D eigenvalue weighted by atomic mass is 19.1. The van der Waals surface area contributed by atoms with Crippen molar-refractivity contribution in [2.24, 2.45) is 0 Å². The normalized spacial score (nSPS) is 10.3. The van der Waals surface area contributed by atoms with Crippen LogP contribution < -0.4 is 5.32 Å². The van der Waals surface area contributed by atoms with Gasteiger partial charge in [-0.1, -0.05) is 0 Å². The van der Waals surface area contributed by atoms with E-state index in [9.17, 15) is 18.7 Å². The molecule has 0 aliphatic carbocycles. The number of rotatable bonds is 4. The molecule has 0 aromatic heterocycles. The second-order valence-corrected chi connectivity index (χ2v) is 4.17. The molecule has 2 aromatic rings. The molecule has 104 valence electrons. The number of phenolic OH excluding ortho intramolecular Hbond substituents is 1. The Morgan fingerprint density at radius 1 is 1.15 bits per heavy atom. The monoisotopic (exact) mass is 279 g/mol. The van der Waals surface area contributed by atoms with Crippen LogP contribution in [-0.2, 0) is 6.54 Å². The number of carbonyl (C=O) groups is 1. The highest BCUT2D eigenvalue weighted by Crippen LogP contribution is 2.18. The van der Waals surface area contributed by atoms with E-state index in [1.54, 1.807) is 0 Å². The van der Waals surface area contributed by atoms with E-state index in [2.05, 4.69) is 5.32 Å². The van der Waals surface area contributed by atoms with Crippen LogP contribution in [-0.4, -0.2) is 16.2 Å². The summed E-state index contributed by atoms with van der Waals surface area (Å²) in [7, 11) is 0. The molecule has 2 aromatic carbocycles. The van der Waals surface area contributed by atoms with E-state index in [1.165, 1.54) is 18.2 Å². The molecule has 4 nitrogen and oxygen atoms in total. The first-order valence-electron chi connectivity index (χ1n) is 5.71. The SMILES string of the molecule is O=C(O)c1cc(NCc2cc(O)cc(F)c2)ccc1F. The summed E-state index contributed by atoms with van der Waals surface area (Å²) in [4.78, 5) is 10.8. The van der Waals surface area contributed by atoms with Gasteiger partial charge < -0.3 is 15.5 Å². The lowest BCUT2D eigenvalue weighted by Gasteiger charge is -2.08. The number of benzene rings is 2. The van der Waals surface area contributed by atoms with Gasteiger partial charge in [0.25, 0.3) is 0 Å². The smallest absolute Gasteiger partial charge is 0.338 e. The minimum Gasteiger partial charge on any atom is -0.508 e. The molecule has 0 saturated heterocycles. The van der Waals surface area contributed by atoms with Crippen molar-refractivity contribution >= 4 is 11.7 Å². The first-order chi connectivity index (χ1) is 9.45. The molecule has 0 heterocycles. The Bertz CT molecular complexity index is 639. The van der Waals surface area contributed by atoms with Crippen LogP contribution in [0.5, 0.6) is 5.75 Å². The first-order valence-corrected chi connectivity index (χ1v) is 5.71. The summed E-state index contributed by atoms with van der Waals surface area (Å²) in [5.41, 5.74) is 0.411. The van der Waals surface area contributed by atoms with Gasteiger partial charge in [0.2, 0.25) is 0 Å². The van der Waals surface area contributed by atoms with Crippen molar-refractivity contribution < 1.29 is 23.8 Å². The molecular weight excluding hydrogens is 268 g/mol. The van der Waals surface area contributed by atoms with Crippen LogP contribution in [0.15, 0.2) is 36.4 Å². The van der Waals surface area contributed by atoms with Gasteiger partial charge in [0, 0.05) is 18.3 Å². The standard InChI is InChI=1S/C14H11F2NO3/c15-9-3-8(4-11(18)5-9)7-17-10-1-2-13(16)12(6-10)14(19)20/h1-6,17-18H,7H2,(H,19,20). The van der Waals surface area contributed by atoms with Crippen LogP contribution in [0.1, 0.15) is 15.9 Å². The molecule has 0 aliphatic heterocycles. The summed E-state index contributed by atoms with van der Waals surface area (Å²) in [6.07, 6.45) is 0. The van der Waals surface area contributed by atoms with Gasteiger partial charge in [-0.2, -0.15) is 0 Å². The third kappa shape index (κ3) is 3.23. The molecule has 6 heteroatoms. The molecule has 0 bridgehead atoms. The topological polar surface area (TPSA) is 69.6 Å². The molecule has 0 atom stereocenters. The highest BCUT2D eigenvalue weighted by molar-refractivity contribution is 5.89. The molecule has 0 spiro atoms. The van der Waals surface area contributed by atoms with E-state index in [1.807, 2.05) is 0 Å². The van der Waals surface area contributed by atoms with Gasteiger partial charge in [0.15, 0.2) is 0 Å². The summed E-state index contributed by atoms with van der Waals surface area (Å²) in [5, 5.41) is 20.9. The van der Waals surface area contributed by atoms with Crippen molar-refractivity contribution in [2.45, 2.75) is 6.54 Å². The molecule has 0 radical (unpaired) electrons. The van der Waals surface area contributed by atoms with Crippen LogP contribution in [0.2, 0.25) is 0 Å². The second-order valence-electron chi connectivity index (χ2n) is 4.17. The molecular formula is C14H11F2NO3. The average Bonchev–Trinajstić information content (AvgIpc) is 2.36. The van der Waals surface area contributed by atoms with Gasteiger partial charge in [-0.15, -0.1) is 0 Å².